The standard InChI is InChI=1S/C9H21ClSi/c1-4-7-9-11(10,6-3)8-5-2/h4-9H2,1-3H3. The Morgan fingerprint density at radius 3 is 2.00 bits per heavy atom. The number of rotatable bonds is 6. The zero-order valence-corrected chi connectivity index (χ0v) is 9.88. The van der Waals surface area contributed by atoms with Gasteiger partial charge in [0.2, 0.25) is 0 Å². The summed E-state index contributed by atoms with van der Waals surface area (Å²) in [5.41, 5.74) is 0. The molecule has 0 heterocycles. The Bertz CT molecular complexity index is 95.6. The molecule has 0 aliphatic rings. The van der Waals surface area contributed by atoms with Gasteiger partial charge >= 0.3 is 0 Å². The van der Waals surface area contributed by atoms with Crippen molar-refractivity contribution in [3.05, 3.63) is 0 Å². The average Bonchev–Trinajstić information content (AvgIpc) is 2.02. The van der Waals surface area contributed by atoms with Crippen LogP contribution in [0.5, 0.6) is 0 Å². The van der Waals surface area contributed by atoms with Crippen LogP contribution in [0.2, 0.25) is 18.1 Å². The Labute approximate surface area is 77.0 Å². The summed E-state index contributed by atoms with van der Waals surface area (Å²) in [7, 11) is -1.27. The fraction of sp³-hybridized carbons (Fsp3) is 1.00. The number of hydrogen-bond donors (Lipinski definition) is 0. The molecule has 0 spiro atoms. The largest absolute Gasteiger partial charge is 0.167 e. The first-order chi connectivity index (χ1) is 5.18. The van der Waals surface area contributed by atoms with Crippen LogP contribution in [0.1, 0.15) is 40.0 Å². The highest BCUT2D eigenvalue weighted by Crippen LogP contribution is 2.28. The summed E-state index contributed by atoms with van der Waals surface area (Å²) in [6, 6.07) is 3.89. The van der Waals surface area contributed by atoms with Crippen LogP contribution < -0.4 is 0 Å². The van der Waals surface area contributed by atoms with E-state index in [1.165, 1.54) is 37.4 Å². The second-order valence-electron chi connectivity index (χ2n) is 3.36. The predicted octanol–water partition coefficient (Wildman–Crippen LogP) is 4.40. The van der Waals surface area contributed by atoms with E-state index in [-0.39, 0.29) is 0 Å². The molecule has 0 N–H and O–H groups in total. The first-order valence-electron chi connectivity index (χ1n) is 4.87. The van der Waals surface area contributed by atoms with E-state index in [9.17, 15) is 0 Å². The Kier molecular flexibility index (Phi) is 6.35. The van der Waals surface area contributed by atoms with E-state index in [0.717, 1.165) is 0 Å². The maximum Gasteiger partial charge on any atom is 0.156 e. The fourth-order valence-electron chi connectivity index (χ4n) is 1.42. The molecule has 0 radical (unpaired) electrons. The van der Waals surface area contributed by atoms with E-state index in [0.29, 0.717) is 0 Å². The van der Waals surface area contributed by atoms with Crippen LogP contribution in [-0.4, -0.2) is 7.38 Å². The van der Waals surface area contributed by atoms with Gasteiger partial charge in [0, 0.05) is 0 Å². The van der Waals surface area contributed by atoms with Gasteiger partial charge in [-0.3, -0.25) is 0 Å². The van der Waals surface area contributed by atoms with Crippen molar-refractivity contribution in [2.24, 2.45) is 0 Å². The molecule has 0 aromatic rings. The first-order valence-corrected chi connectivity index (χ1v) is 8.50. The molecule has 0 rings (SSSR count). The second-order valence-corrected chi connectivity index (χ2v) is 9.77. The summed E-state index contributed by atoms with van der Waals surface area (Å²) in [5, 5.41) is 0. The van der Waals surface area contributed by atoms with Gasteiger partial charge in [-0.2, -0.15) is 11.1 Å². The quantitative estimate of drug-likeness (QED) is 0.432. The number of unbranched alkanes of at least 4 members (excludes halogenated alkanes) is 1. The van der Waals surface area contributed by atoms with Crippen LogP contribution in [0.15, 0.2) is 0 Å². The topological polar surface area (TPSA) is 0 Å². The normalized spacial score (nSPS) is 16.4. The van der Waals surface area contributed by atoms with E-state index in [2.05, 4.69) is 20.8 Å². The zero-order chi connectivity index (χ0) is 8.74. The van der Waals surface area contributed by atoms with Crippen LogP contribution in [0.25, 0.3) is 0 Å². The summed E-state index contributed by atoms with van der Waals surface area (Å²) in [6.45, 7) is 6.74. The summed E-state index contributed by atoms with van der Waals surface area (Å²) in [4.78, 5) is 0. The molecule has 2 heteroatoms. The van der Waals surface area contributed by atoms with Crippen molar-refractivity contribution in [1.29, 1.82) is 0 Å². The number of halogens is 1. The van der Waals surface area contributed by atoms with E-state index in [4.69, 9.17) is 11.1 Å². The maximum absolute atomic E-state index is 6.54. The van der Waals surface area contributed by atoms with Crippen molar-refractivity contribution in [3.63, 3.8) is 0 Å². The Morgan fingerprint density at radius 1 is 1.00 bits per heavy atom. The molecule has 0 saturated heterocycles. The maximum atomic E-state index is 6.54. The second kappa shape index (κ2) is 6.07. The minimum atomic E-state index is -1.27. The molecular weight excluding hydrogens is 172 g/mol. The molecule has 1 atom stereocenters. The van der Waals surface area contributed by atoms with Crippen LogP contribution in [-0.2, 0) is 0 Å². The van der Waals surface area contributed by atoms with Crippen molar-refractivity contribution < 1.29 is 0 Å². The van der Waals surface area contributed by atoms with Gasteiger partial charge in [-0.05, 0) is 18.1 Å². The zero-order valence-electron chi connectivity index (χ0n) is 8.12. The minimum absolute atomic E-state index is 1.25. The van der Waals surface area contributed by atoms with Crippen LogP contribution in [0.3, 0.4) is 0 Å². The highest BCUT2D eigenvalue weighted by atomic mass is 35.6. The predicted molar refractivity (Wildman–Crippen MR) is 56.9 cm³/mol. The highest BCUT2D eigenvalue weighted by molar-refractivity contribution is 7.20. The van der Waals surface area contributed by atoms with Gasteiger partial charge in [0.05, 0.1) is 0 Å². The lowest BCUT2D eigenvalue weighted by Gasteiger charge is -2.21. The lowest BCUT2D eigenvalue weighted by Crippen LogP contribution is -2.24. The molecule has 0 aliphatic carbocycles. The number of hydrogen-bond acceptors (Lipinski definition) is 0. The third-order valence-electron chi connectivity index (χ3n) is 2.31. The third-order valence-corrected chi connectivity index (χ3v) is 8.16. The van der Waals surface area contributed by atoms with E-state index < -0.39 is 7.38 Å². The summed E-state index contributed by atoms with van der Waals surface area (Å²) < 4.78 is 0. The first kappa shape index (κ1) is 11.5. The molecule has 0 amide bonds. The molecule has 0 nitrogen and oxygen atoms in total. The molecule has 11 heavy (non-hydrogen) atoms. The van der Waals surface area contributed by atoms with Gasteiger partial charge in [0.25, 0.3) is 0 Å². The lowest BCUT2D eigenvalue weighted by molar-refractivity contribution is 0.859. The van der Waals surface area contributed by atoms with Gasteiger partial charge in [-0.15, -0.1) is 0 Å². The van der Waals surface area contributed by atoms with Crippen LogP contribution in [0.4, 0.5) is 0 Å². The van der Waals surface area contributed by atoms with Gasteiger partial charge < -0.3 is 0 Å². The van der Waals surface area contributed by atoms with Crippen molar-refractivity contribution >= 4 is 18.5 Å². The van der Waals surface area contributed by atoms with Gasteiger partial charge in [0.1, 0.15) is 0 Å². The van der Waals surface area contributed by atoms with E-state index >= 15 is 0 Å². The van der Waals surface area contributed by atoms with Crippen molar-refractivity contribution in [3.8, 4) is 0 Å². The highest BCUT2D eigenvalue weighted by Gasteiger charge is 2.26. The molecule has 0 aromatic carbocycles. The van der Waals surface area contributed by atoms with Crippen molar-refractivity contribution in [2.75, 3.05) is 0 Å². The van der Waals surface area contributed by atoms with E-state index in [1.54, 1.807) is 0 Å². The molecular formula is C9H21ClSi. The van der Waals surface area contributed by atoms with E-state index in [1.807, 2.05) is 0 Å². The van der Waals surface area contributed by atoms with Gasteiger partial charge in [-0.1, -0.05) is 40.0 Å². The minimum Gasteiger partial charge on any atom is -0.167 e. The third kappa shape index (κ3) is 4.86. The molecule has 0 saturated carbocycles. The smallest absolute Gasteiger partial charge is 0.156 e. The Hall–Kier alpha value is 0.507. The lowest BCUT2D eigenvalue weighted by atomic mass is 10.4. The van der Waals surface area contributed by atoms with Gasteiger partial charge in [-0.25, -0.2) is 0 Å². The monoisotopic (exact) mass is 192 g/mol. The Morgan fingerprint density at radius 2 is 1.64 bits per heavy atom. The summed E-state index contributed by atoms with van der Waals surface area (Å²) >= 11 is 6.54. The van der Waals surface area contributed by atoms with Crippen LogP contribution >= 0.6 is 11.1 Å². The average molecular weight is 193 g/mol. The molecule has 68 valence electrons. The molecule has 0 bridgehead atoms. The molecule has 1 unspecified atom stereocenters. The van der Waals surface area contributed by atoms with Crippen LogP contribution in [0, 0.1) is 0 Å². The molecule has 0 aromatic heterocycles. The van der Waals surface area contributed by atoms with Gasteiger partial charge in [0.15, 0.2) is 7.38 Å². The Balaban J connectivity index is 3.68. The van der Waals surface area contributed by atoms with Crippen molar-refractivity contribution in [1.82, 2.24) is 0 Å². The summed E-state index contributed by atoms with van der Waals surface area (Å²) in [6.07, 6.45) is 3.90. The summed E-state index contributed by atoms with van der Waals surface area (Å²) in [5.74, 6) is 0. The molecule has 0 fully saturated rings. The van der Waals surface area contributed by atoms with Crippen molar-refractivity contribution in [2.45, 2.75) is 58.2 Å². The molecule has 0 aliphatic heterocycles. The fourth-order valence-corrected chi connectivity index (χ4v) is 5.23. The SMILES string of the molecule is CCCC[Si](Cl)(CC)CCC.